The quantitative estimate of drug-likeness (QED) is 0.577. The standard InChI is InChI=1S/C18H22N2O3S2/c1-5-23-17(21)16-14(20-18(24)19-11(2)3)10-15(25-16)12-6-8-13(22-4)9-7-12/h6-11H,5H2,1-4H3,(H2,19,20,24). The second-order valence-electron chi connectivity index (χ2n) is 5.56. The van der Waals surface area contributed by atoms with Crippen LogP contribution in [-0.4, -0.2) is 30.8 Å². The lowest BCUT2D eigenvalue weighted by Gasteiger charge is -2.13. The zero-order chi connectivity index (χ0) is 18.4. The molecule has 2 aromatic rings. The highest BCUT2D eigenvalue weighted by atomic mass is 32.1. The van der Waals surface area contributed by atoms with Gasteiger partial charge in [-0.05, 0) is 68.9 Å². The van der Waals surface area contributed by atoms with E-state index in [4.69, 9.17) is 21.7 Å². The van der Waals surface area contributed by atoms with Gasteiger partial charge in [-0.2, -0.15) is 0 Å². The molecule has 0 saturated heterocycles. The molecule has 0 bridgehead atoms. The van der Waals surface area contributed by atoms with E-state index >= 15 is 0 Å². The van der Waals surface area contributed by atoms with Crippen molar-refractivity contribution in [2.45, 2.75) is 26.8 Å². The lowest BCUT2D eigenvalue weighted by Crippen LogP contribution is -2.34. The molecule has 0 amide bonds. The van der Waals surface area contributed by atoms with E-state index in [1.807, 2.05) is 44.2 Å². The lowest BCUT2D eigenvalue weighted by atomic mass is 10.2. The topological polar surface area (TPSA) is 59.6 Å². The van der Waals surface area contributed by atoms with Crippen molar-refractivity contribution in [3.63, 3.8) is 0 Å². The number of rotatable bonds is 6. The molecule has 0 aliphatic heterocycles. The molecule has 1 heterocycles. The van der Waals surface area contributed by atoms with Gasteiger partial charge in [-0.1, -0.05) is 0 Å². The molecule has 1 aromatic carbocycles. The van der Waals surface area contributed by atoms with Crippen molar-refractivity contribution in [3.8, 4) is 16.2 Å². The molecule has 0 atom stereocenters. The maximum atomic E-state index is 12.3. The minimum atomic E-state index is -0.359. The zero-order valence-electron chi connectivity index (χ0n) is 14.7. The van der Waals surface area contributed by atoms with E-state index in [2.05, 4.69) is 10.6 Å². The van der Waals surface area contributed by atoms with Gasteiger partial charge in [-0.3, -0.25) is 0 Å². The minimum Gasteiger partial charge on any atom is -0.497 e. The normalized spacial score (nSPS) is 10.4. The third kappa shape index (κ3) is 5.17. The number of methoxy groups -OCH3 is 1. The first-order valence-corrected chi connectivity index (χ1v) is 9.20. The van der Waals surface area contributed by atoms with E-state index in [1.165, 1.54) is 11.3 Å². The van der Waals surface area contributed by atoms with Gasteiger partial charge in [0.15, 0.2) is 5.11 Å². The summed E-state index contributed by atoms with van der Waals surface area (Å²) in [5, 5.41) is 6.68. The van der Waals surface area contributed by atoms with Gasteiger partial charge in [0.1, 0.15) is 10.6 Å². The molecule has 0 fully saturated rings. The van der Waals surface area contributed by atoms with Crippen molar-refractivity contribution in [3.05, 3.63) is 35.2 Å². The van der Waals surface area contributed by atoms with Crippen molar-refractivity contribution in [1.82, 2.24) is 5.32 Å². The van der Waals surface area contributed by atoms with Gasteiger partial charge < -0.3 is 20.1 Å². The van der Waals surface area contributed by atoms with E-state index in [9.17, 15) is 4.79 Å². The Kier molecular flexibility index (Phi) is 6.78. The minimum absolute atomic E-state index is 0.200. The number of hydrogen-bond acceptors (Lipinski definition) is 5. The summed E-state index contributed by atoms with van der Waals surface area (Å²) in [6.45, 7) is 6.10. The number of nitrogens with one attached hydrogen (secondary N) is 2. The first-order chi connectivity index (χ1) is 11.9. The van der Waals surface area contributed by atoms with Gasteiger partial charge in [-0.25, -0.2) is 4.79 Å². The third-order valence-corrected chi connectivity index (χ3v) is 4.62. The van der Waals surface area contributed by atoms with Crippen molar-refractivity contribution < 1.29 is 14.3 Å². The van der Waals surface area contributed by atoms with E-state index in [1.54, 1.807) is 14.0 Å². The average Bonchev–Trinajstić information content (AvgIpc) is 2.98. The third-order valence-electron chi connectivity index (χ3n) is 3.24. The second-order valence-corrected chi connectivity index (χ2v) is 7.02. The number of thiophene rings is 1. The van der Waals surface area contributed by atoms with Crippen LogP contribution in [0.1, 0.15) is 30.4 Å². The predicted octanol–water partition coefficient (Wildman–Crippen LogP) is 4.30. The van der Waals surface area contributed by atoms with Gasteiger partial charge in [-0.15, -0.1) is 11.3 Å². The van der Waals surface area contributed by atoms with Crippen LogP contribution in [0.2, 0.25) is 0 Å². The number of thiocarbonyl (C=S) groups is 1. The van der Waals surface area contributed by atoms with Gasteiger partial charge in [0.25, 0.3) is 0 Å². The SMILES string of the molecule is CCOC(=O)c1sc(-c2ccc(OC)cc2)cc1NC(=S)NC(C)C. The van der Waals surface area contributed by atoms with Crippen LogP contribution < -0.4 is 15.4 Å². The van der Waals surface area contributed by atoms with E-state index in [0.29, 0.717) is 22.3 Å². The maximum absolute atomic E-state index is 12.3. The van der Waals surface area contributed by atoms with Gasteiger partial charge in [0, 0.05) is 10.9 Å². The van der Waals surface area contributed by atoms with E-state index < -0.39 is 0 Å². The number of hydrogen-bond donors (Lipinski definition) is 2. The van der Waals surface area contributed by atoms with Crippen molar-refractivity contribution in [2.24, 2.45) is 0 Å². The smallest absolute Gasteiger partial charge is 0.350 e. The summed E-state index contributed by atoms with van der Waals surface area (Å²) in [6, 6.07) is 9.79. The van der Waals surface area contributed by atoms with Crippen LogP contribution in [0.3, 0.4) is 0 Å². The largest absolute Gasteiger partial charge is 0.497 e. The maximum Gasteiger partial charge on any atom is 0.350 e. The van der Waals surface area contributed by atoms with Crippen LogP contribution >= 0.6 is 23.6 Å². The summed E-state index contributed by atoms with van der Waals surface area (Å²) in [7, 11) is 1.63. The molecule has 0 saturated carbocycles. The Balaban J connectivity index is 2.33. The summed E-state index contributed by atoms with van der Waals surface area (Å²) in [5.41, 5.74) is 1.64. The van der Waals surface area contributed by atoms with Gasteiger partial charge in [0.2, 0.25) is 0 Å². The Morgan fingerprint density at radius 2 is 1.96 bits per heavy atom. The number of carbonyl (C=O) groups is 1. The summed E-state index contributed by atoms with van der Waals surface area (Å²) in [6.07, 6.45) is 0. The van der Waals surface area contributed by atoms with Crippen LogP contribution in [0, 0.1) is 0 Å². The summed E-state index contributed by atoms with van der Waals surface area (Å²) in [5.74, 6) is 0.425. The Labute approximate surface area is 157 Å². The number of ether oxygens (including phenoxy) is 2. The monoisotopic (exact) mass is 378 g/mol. The molecule has 0 unspecified atom stereocenters. The number of benzene rings is 1. The molecular weight excluding hydrogens is 356 g/mol. The first kappa shape index (κ1) is 19.2. The molecular formula is C18H22N2O3S2. The fourth-order valence-electron chi connectivity index (χ4n) is 2.15. The molecule has 1 aromatic heterocycles. The van der Waals surface area contributed by atoms with E-state index in [0.717, 1.165) is 16.2 Å². The van der Waals surface area contributed by atoms with Crippen LogP contribution in [0.15, 0.2) is 30.3 Å². The molecule has 0 spiro atoms. The van der Waals surface area contributed by atoms with Gasteiger partial charge in [0.05, 0.1) is 19.4 Å². The molecule has 134 valence electrons. The van der Waals surface area contributed by atoms with Crippen LogP contribution in [0.4, 0.5) is 5.69 Å². The Hall–Kier alpha value is -2.12. The number of esters is 1. The summed E-state index contributed by atoms with van der Waals surface area (Å²) < 4.78 is 10.4. The van der Waals surface area contributed by atoms with Gasteiger partial charge >= 0.3 is 5.97 Å². The van der Waals surface area contributed by atoms with Crippen molar-refractivity contribution >= 4 is 40.3 Å². The molecule has 0 aliphatic carbocycles. The van der Waals surface area contributed by atoms with Crippen LogP contribution in [0.25, 0.3) is 10.4 Å². The molecule has 0 radical (unpaired) electrons. The van der Waals surface area contributed by atoms with Crippen LogP contribution in [0.5, 0.6) is 5.75 Å². The molecule has 2 rings (SSSR count). The summed E-state index contributed by atoms with van der Waals surface area (Å²) in [4.78, 5) is 13.7. The van der Waals surface area contributed by atoms with E-state index in [-0.39, 0.29) is 12.0 Å². The molecule has 7 heteroatoms. The summed E-state index contributed by atoms with van der Waals surface area (Å²) >= 11 is 6.67. The highest BCUT2D eigenvalue weighted by Gasteiger charge is 2.19. The average molecular weight is 379 g/mol. The molecule has 0 aliphatic rings. The predicted molar refractivity (Wildman–Crippen MR) is 107 cm³/mol. The highest BCUT2D eigenvalue weighted by Crippen LogP contribution is 2.36. The number of carbonyl (C=O) groups excluding carboxylic acids is 1. The fourth-order valence-corrected chi connectivity index (χ4v) is 3.51. The van der Waals surface area contributed by atoms with Crippen LogP contribution in [-0.2, 0) is 4.74 Å². The highest BCUT2D eigenvalue weighted by molar-refractivity contribution is 7.80. The first-order valence-electron chi connectivity index (χ1n) is 7.97. The van der Waals surface area contributed by atoms with Crippen molar-refractivity contribution in [1.29, 1.82) is 0 Å². The lowest BCUT2D eigenvalue weighted by molar-refractivity contribution is 0.0533. The second kappa shape index (κ2) is 8.82. The number of anilines is 1. The molecule has 2 N–H and O–H groups in total. The Morgan fingerprint density at radius 1 is 1.28 bits per heavy atom. The fraction of sp³-hybridized carbons (Fsp3) is 0.333. The zero-order valence-corrected chi connectivity index (χ0v) is 16.3. The Morgan fingerprint density at radius 3 is 2.52 bits per heavy atom. The Bertz CT molecular complexity index is 739. The molecule has 25 heavy (non-hydrogen) atoms. The van der Waals surface area contributed by atoms with Crippen molar-refractivity contribution in [2.75, 3.05) is 19.0 Å². The molecule has 5 nitrogen and oxygen atoms in total.